The van der Waals surface area contributed by atoms with E-state index in [1.165, 1.54) is 50.8 Å². The van der Waals surface area contributed by atoms with Crippen LogP contribution in [0.25, 0.3) is 0 Å². The summed E-state index contributed by atoms with van der Waals surface area (Å²) in [6.07, 6.45) is 7.89. The van der Waals surface area contributed by atoms with Gasteiger partial charge in [-0.1, -0.05) is 63.4 Å². The number of nitrogens with one attached hydrogen (secondary N) is 1. The van der Waals surface area contributed by atoms with E-state index in [1.807, 2.05) is 0 Å². The Hall–Kier alpha value is -0.860. The molecular weight excluding hydrogens is 256 g/mol. The van der Waals surface area contributed by atoms with Crippen molar-refractivity contribution in [1.82, 2.24) is 10.2 Å². The Morgan fingerprint density at radius 2 is 1.95 bits per heavy atom. The summed E-state index contributed by atoms with van der Waals surface area (Å²) < 4.78 is 0. The van der Waals surface area contributed by atoms with Gasteiger partial charge in [0.1, 0.15) is 0 Å². The average Bonchev–Trinajstić information content (AvgIpc) is 2.53. The molecule has 0 amide bonds. The molecule has 0 radical (unpaired) electrons. The first-order valence-electron chi connectivity index (χ1n) is 8.84. The number of benzene rings is 1. The van der Waals surface area contributed by atoms with Crippen LogP contribution in [0.4, 0.5) is 0 Å². The zero-order valence-electron chi connectivity index (χ0n) is 13.9. The van der Waals surface area contributed by atoms with Crippen molar-refractivity contribution in [3.8, 4) is 0 Å². The van der Waals surface area contributed by atoms with E-state index in [-0.39, 0.29) is 0 Å². The molecular formula is C19H32N2. The highest BCUT2D eigenvalue weighted by Crippen LogP contribution is 2.17. The highest BCUT2D eigenvalue weighted by Gasteiger charge is 2.24. The summed E-state index contributed by atoms with van der Waals surface area (Å²) in [5, 5.41) is 3.71. The third kappa shape index (κ3) is 5.44. The minimum Gasteiger partial charge on any atom is -0.311 e. The summed E-state index contributed by atoms with van der Waals surface area (Å²) in [7, 11) is 0. The van der Waals surface area contributed by atoms with E-state index in [9.17, 15) is 0 Å². The minimum absolute atomic E-state index is 0.613. The van der Waals surface area contributed by atoms with E-state index in [0.29, 0.717) is 6.04 Å². The van der Waals surface area contributed by atoms with Crippen molar-refractivity contribution in [2.24, 2.45) is 0 Å². The van der Waals surface area contributed by atoms with Crippen molar-refractivity contribution in [3.05, 3.63) is 35.9 Å². The molecule has 0 spiro atoms. The monoisotopic (exact) mass is 288 g/mol. The van der Waals surface area contributed by atoms with Crippen LogP contribution in [0.2, 0.25) is 0 Å². The van der Waals surface area contributed by atoms with Gasteiger partial charge in [0.15, 0.2) is 0 Å². The Bertz CT molecular complexity index is 376. The van der Waals surface area contributed by atoms with Crippen molar-refractivity contribution in [1.29, 1.82) is 0 Å². The van der Waals surface area contributed by atoms with Crippen LogP contribution in [0.1, 0.15) is 51.5 Å². The van der Waals surface area contributed by atoms with Crippen molar-refractivity contribution >= 4 is 0 Å². The van der Waals surface area contributed by atoms with Gasteiger partial charge in [-0.15, -0.1) is 0 Å². The molecule has 2 atom stereocenters. The molecule has 2 unspecified atom stereocenters. The third-order valence-electron chi connectivity index (χ3n) is 4.64. The average molecular weight is 288 g/mol. The summed E-state index contributed by atoms with van der Waals surface area (Å²) in [4.78, 5) is 2.75. The molecule has 118 valence electrons. The lowest BCUT2D eigenvalue weighted by Gasteiger charge is -2.39. The summed E-state index contributed by atoms with van der Waals surface area (Å²) >= 11 is 0. The number of piperazine rings is 1. The molecule has 1 fully saturated rings. The van der Waals surface area contributed by atoms with Crippen LogP contribution in [0.15, 0.2) is 30.3 Å². The van der Waals surface area contributed by atoms with E-state index in [4.69, 9.17) is 0 Å². The van der Waals surface area contributed by atoms with E-state index >= 15 is 0 Å². The Morgan fingerprint density at radius 1 is 1.14 bits per heavy atom. The van der Waals surface area contributed by atoms with Crippen LogP contribution in [0, 0.1) is 0 Å². The van der Waals surface area contributed by atoms with Gasteiger partial charge in [-0.05, 0) is 24.8 Å². The maximum Gasteiger partial charge on any atom is 0.0236 e. The second-order valence-electron chi connectivity index (χ2n) is 6.42. The lowest BCUT2D eigenvalue weighted by atomic mass is 9.99. The van der Waals surface area contributed by atoms with Gasteiger partial charge in [0.2, 0.25) is 0 Å². The SMILES string of the molecule is CCCCC(CCC)N1CCNC(Cc2ccccc2)C1. The predicted octanol–water partition coefficient (Wildman–Crippen LogP) is 3.86. The summed E-state index contributed by atoms with van der Waals surface area (Å²) in [6, 6.07) is 12.3. The maximum atomic E-state index is 3.71. The molecule has 2 heteroatoms. The van der Waals surface area contributed by atoms with Crippen molar-refractivity contribution in [2.75, 3.05) is 19.6 Å². The molecule has 0 aromatic heterocycles. The number of unbranched alkanes of at least 4 members (excludes halogenated alkanes) is 1. The fraction of sp³-hybridized carbons (Fsp3) is 0.684. The van der Waals surface area contributed by atoms with Crippen LogP contribution in [0.5, 0.6) is 0 Å². The molecule has 21 heavy (non-hydrogen) atoms. The Balaban J connectivity index is 1.89. The molecule has 1 aromatic carbocycles. The molecule has 0 bridgehead atoms. The van der Waals surface area contributed by atoms with Crippen LogP contribution in [-0.4, -0.2) is 36.6 Å². The van der Waals surface area contributed by atoms with Gasteiger partial charge in [-0.25, -0.2) is 0 Å². The molecule has 1 aliphatic heterocycles. The van der Waals surface area contributed by atoms with Gasteiger partial charge >= 0.3 is 0 Å². The third-order valence-corrected chi connectivity index (χ3v) is 4.64. The van der Waals surface area contributed by atoms with E-state index in [0.717, 1.165) is 19.0 Å². The first-order chi connectivity index (χ1) is 10.3. The summed E-state index contributed by atoms with van der Waals surface area (Å²) in [6.45, 7) is 8.20. The Kier molecular flexibility index (Phi) is 7.25. The van der Waals surface area contributed by atoms with Gasteiger partial charge in [0.05, 0.1) is 0 Å². The predicted molar refractivity (Wildman–Crippen MR) is 91.7 cm³/mol. The summed E-state index contributed by atoms with van der Waals surface area (Å²) in [5.41, 5.74) is 1.46. The van der Waals surface area contributed by atoms with Crippen molar-refractivity contribution in [3.63, 3.8) is 0 Å². The molecule has 1 heterocycles. The van der Waals surface area contributed by atoms with Gasteiger partial charge in [0, 0.05) is 31.7 Å². The van der Waals surface area contributed by atoms with Crippen LogP contribution < -0.4 is 5.32 Å². The fourth-order valence-electron chi connectivity index (χ4n) is 3.50. The quantitative estimate of drug-likeness (QED) is 0.781. The Labute approximate surface area is 130 Å². The van der Waals surface area contributed by atoms with Gasteiger partial charge in [0.25, 0.3) is 0 Å². The second kappa shape index (κ2) is 9.22. The molecule has 1 N–H and O–H groups in total. The molecule has 0 saturated carbocycles. The highest BCUT2D eigenvalue weighted by atomic mass is 15.2. The standard InChI is InChI=1S/C19H32N2/c1-3-5-12-19(9-4-2)21-14-13-20-18(16-21)15-17-10-7-6-8-11-17/h6-8,10-11,18-20H,3-5,9,12-16H2,1-2H3. The minimum atomic E-state index is 0.613. The normalized spacial score (nSPS) is 21.3. The zero-order chi connectivity index (χ0) is 14.9. The zero-order valence-corrected chi connectivity index (χ0v) is 13.9. The molecule has 2 rings (SSSR count). The van der Waals surface area contributed by atoms with Gasteiger partial charge < -0.3 is 5.32 Å². The molecule has 0 aliphatic carbocycles. The number of hydrogen-bond acceptors (Lipinski definition) is 2. The first-order valence-corrected chi connectivity index (χ1v) is 8.84. The van der Waals surface area contributed by atoms with Crippen LogP contribution in [0.3, 0.4) is 0 Å². The van der Waals surface area contributed by atoms with E-state index < -0.39 is 0 Å². The maximum absolute atomic E-state index is 3.71. The first kappa shape index (κ1) is 16.5. The van der Waals surface area contributed by atoms with Crippen LogP contribution >= 0.6 is 0 Å². The molecule has 1 aromatic rings. The molecule has 2 nitrogen and oxygen atoms in total. The largest absolute Gasteiger partial charge is 0.311 e. The van der Waals surface area contributed by atoms with Gasteiger partial charge in [-0.2, -0.15) is 0 Å². The molecule has 1 aliphatic rings. The van der Waals surface area contributed by atoms with Crippen molar-refractivity contribution in [2.45, 2.75) is 64.5 Å². The number of nitrogens with zero attached hydrogens (tertiary/aromatic N) is 1. The number of rotatable bonds is 8. The lowest BCUT2D eigenvalue weighted by Crippen LogP contribution is -2.54. The smallest absolute Gasteiger partial charge is 0.0236 e. The second-order valence-corrected chi connectivity index (χ2v) is 6.42. The lowest BCUT2D eigenvalue weighted by molar-refractivity contribution is 0.127. The number of hydrogen-bond donors (Lipinski definition) is 1. The topological polar surface area (TPSA) is 15.3 Å². The van der Waals surface area contributed by atoms with E-state index in [2.05, 4.69) is 54.4 Å². The van der Waals surface area contributed by atoms with E-state index in [1.54, 1.807) is 0 Å². The Morgan fingerprint density at radius 3 is 2.67 bits per heavy atom. The highest BCUT2D eigenvalue weighted by molar-refractivity contribution is 5.16. The van der Waals surface area contributed by atoms with Crippen LogP contribution in [-0.2, 0) is 6.42 Å². The molecule has 1 saturated heterocycles. The fourth-order valence-corrected chi connectivity index (χ4v) is 3.50. The van der Waals surface area contributed by atoms with Crippen molar-refractivity contribution < 1.29 is 0 Å². The summed E-state index contributed by atoms with van der Waals surface area (Å²) in [5.74, 6) is 0. The van der Waals surface area contributed by atoms with Gasteiger partial charge in [-0.3, -0.25) is 4.90 Å².